The molecule has 0 saturated carbocycles. The summed E-state index contributed by atoms with van der Waals surface area (Å²) in [5.74, 6) is 1.90. The molecule has 7 nitrogen and oxygen atoms in total. The quantitative estimate of drug-likeness (QED) is 0.583. The number of nitrogens with one attached hydrogen (secondary N) is 1. The van der Waals surface area contributed by atoms with Crippen LogP contribution in [0.15, 0.2) is 33.9 Å². The molecule has 1 amide bonds. The number of nitrogens with zero attached hydrogens (tertiary/aromatic N) is 4. The van der Waals surface area contributed by atoms with Crippen LogP contribution in [0, 0.1) is 5.92 Å². The van der Waals surface area contributed by atoms with E-state index in [0.29, 0.717) is 0 Å². The minimum Gasteiger partial charge on any atom is -0.376 e. The number of hydrogen-bond donors (Lipinski definition) is 1. The van der Waals surface area contributed by atoms with E-state index in [1.165, 1.54) is 24.6 Å². The van der Waals surface area contributed by atoms with Gasteiger partial charge in [0, 0.05) is 29.9 Å². The van der Waals surface area contributed by atoms with Crippen molar-refractivity contribution < 1.29 is 9.53 Å². The largest absolute Gasteiger partial charge is 0.376 e. The lowest BCUT2D eigenvalue weighted by Crippen LogP contribution is -2.35. The maximum atomic E-state index is 12.4. The molecule has 2 saturated heterocycles. The van der Waals surface area contributed by atoms with Gasteiger partial charge in [-0.05, 0) is 55.9 Å². The van der Waals surface area contributed by atoms with Crippen molar-refractivity contribution in [3.8, 4) is 0 Å². The Morgan fingerprint density at radius 3 is 2.70 bits per heavy atom. The number of anilines is 2. The van der Waals surface area contributed by atoms with Gasteiger partial charge in [-0.2, -0.15) is 0 Å². The van der Waals surface area contributed by atoms with E-state index in [-0.39, 0.29) is 17.8 Å². The highest BCUT2D eigenvalue weighted by Gasteiger charge is 2.26. The molecular weight excluding hydrogens is 466 g/mol. The highest BCUT2D eigenvalue weighted by molar-refractivity contribution is 9.10. The predicted molar refractivity (Wildman–Crippen MR) is 123 cm³/mol. The van der Waals surface area contributed by atoms with Gasteiger partial charge in [0.25, 0.3) is 0 Å². The van der Waals surface area contributed by atoms with Gasteiger partial charge in [-0.25, -0.2) is 0 Å². The van der Waals surface area contributed by atoms with Crippen LogP contribution in [0.25, 0.3) is 0 Å². The lowest BCUT2D eigenvalue weighted by molar-refractivity contribution is -0.113. The third-order valence-electron chi connectivity index (χ3n) is 5.63. The van der Waals surface area contributed by atoms with Crippen molar-refractivity contribution in [1.29, 1.82) is 0 Å². The van der Waals surface area contributed by atoms with Crippen LogP contribution in [-0.4, -0.2) is 52.2 Å². The van der Waals surface area contributed by atoms with E-state index < -0.39 is 0 Å². The fraction of sp³-hybridized carbons (Fsp3) is 0.571. The number of thioether (sulfide) groups is 1. The van der Waals surface area contributed by atoms with Gasteiger partial charge < -0.3 is 15.0 Å². The maximum Gasteiger partial charge on any atom is 0.234 e. The van der Waals surface area contributed by atoms with Gasteiger partial charge in [-0.1, -0.05) is 34.6 Å². The number of carbonyl (C=O) groups excluding carboxylic acids is 1. The van der Waals surface area contributed by atoms with E-state index in [0.717, 1.165) is 66.3 Å². The fourth-order valence-corrected chi connectivity index (χ4v) is 4.85. The molecule has 2 aliphatic heterocycles. The fourth-order valence-electron chi connectivity index (χ4n) is 3.84. The summed E-state index contributed by atoms with van der Waals surface area (Å²) in [6.07, 6.45) is 4.69. The number of amides is 1. The molecule has 1 N–H and O–H groups in total. The lowest BCUT2D eigenvalue weighted by Gasteiger charge is -2.31. The monoisotopic (exact) mass is 493 g/mol. The first-order valence-electron chi connectivity index (χ1n) is 10.6. The first-order valence-corrected chi connectivity index (χ1v) is 12.3. The summed E-state index contributed by atoms with van der Waals surface area (Å²) in [5.41, 5.74) is 0.785. The summed E-state index contributed by atoms with van der Waals surface area (Å²) in [4.78, 5) is 14.8. The van der Waals surface area contributed by atoms with Gasteiger partial charge >= 0.3 is 0 Å². The number of halogens is 1. The predicted octanol–water partition coefficient (Wildman–Crippen LogP) is 4.19. The first-order chi connectivity index (χ1) is 14.6. The summed E-state index contributed by atoms with van der Waals surface area (Å²) >= 11 is 4.84. The average molecular weight is 494 g/mol. The molecule has 1 unspecified atom stereocenters. The Morgan fingerprint density at radius 1 is 1.23 bits per heavy atom. The standard InChI is InChI=1S/C21H28BrN5O2S/c1-15-8-10-26(11-9-15)20-24-25-21(27(20)13-18-3-2-12-29-18)30-14-19(28)23-17-6-4-16(22)5-7-17/h4-7,15,18H,2-3,8-14H2,1H3,(H,23,28). The molecule has 0 aliphatic carbocycles. The molecule has 9 heteroatoms. The number of hydrogen-bond acceptors (Lipinski definition) is 6. The van der Waals surface area contributed by atoms with Crippen LogP contribution in [0.3, 0.4) is 0 Å². The zero-order valence-electron chi connectivity index (χ0n) is 17.2. The molecular formula is C21H28BrN5O2S. The molecule has 4 rings (SSSR count). The molecule has 1 atom stereocenters. The maximum absolute atomic E-state index is 12.4. The molecule has 0 spiro atoms. The molecule has 1 aromatic carbocycles. The van der Waals surface area contributed by atoms with Gasteiger partial charge in [-0.3, -0.25) is 9.36 Å². The van der Waals surface area contributed by atoms with Crippen LogP contribution in [0.4, 0.5) is 11.6 Å². The van der Waals surface area contributed by atoms with E-state index in [1.807, 2.05) is 24.3 Å². The molecule has 30 heavy (non-hydrogen) atoms. The van der Waals surface area contributed by atoms with E-state index >= 15 is 0 Å². The Hall–Kier alpha value is -1.58. The highest BCUT2D eigenvalue weighted by atomic mass is 79.9. The Balaban J connectivity index is 1.43. The van der Waals surface area contributed by atoms with Crippen molar-refractivity contribution in [3.63, 3.8) is 0 Å². The summed E-state index contributed by atoms with van der Waals surface area (Å²) in [6, 6.07) is 7.57. The van der Waals surface area contributed by atoms with Gasteiger partial charge in [0.05, 0.1) is 18.4 Å². The SMILES string of the molecule is CC1CCN(c2nnc(SCC(=O)Nc3ccc(Br)cc3)n2CC2CCCO2)CC1. The highest BCUT2D eigenvalue weighted by Crippen LogP contribution is 2.28. The lowest BCUT2D eigenvalue weighted by atomic mass is 10.00. The second-order valence-corrected chi connectivity index (χ2v) is 9.90. The molecule has 2 aromatic rings. The van der Waals surface area contributed by atoms with Crippen LogP contribution in [0.5, 0.6) is 0 Å². The molecule has 2 fully saturated rings. The summed E-state index contributed by atoms with van der Waals surface area (Å²) < 4.78 is 9.01. The van der Waals surface area contributed by atoms with E-state index in [9.17, 15) is 4.79 Å². The Morgan fingerprint density at radius 2 is 2.00 bits per heavy atom. The third-order valence-corrected chi connectivity index (χ3v) is 7.13. The van der Waals surface area contributed by atoms with Crippen LogP contribution in [0.1, 0.15) is 32.6 Å². The number of ether oxygens (including phenoxy) is 1. The second kappa shape index (κ2) is 10.2. The van der Waals surface area contributed by atoms with Crippen molar-refractivity contribution in [1.82, 2.24) is 14.8 Å². The van der Waals surface area contributed by atoms with Crippen LogP contribution in [0.2, 0.25) is 0 Å². The Kier molecular flexibility index (Phi) is 7.32. The van der Waals surface area contributed by atoms with Gasteiger partial charge in [-0.15, -0.1) is 10.2 Å². The van der Waals surface area contributed by atoms with Crippen molar-refractivity contribution in [2.45, 2.75) is 50.4 Å². The smallest absolute Gasteiger partial charge is 0.234 e. The molecule has 162 valence electrons. The van der Waals surface area contributed by atoms with Crippen LogP contribution in [-0.2, 0) is 16.1 Å². The minimum atomic E-state index is -0.0534. The van der Waals surface area contributed by atoms with Crippen LogP contribution >= 0.6 is 27.7 Å². The number of rotatable bonds is 7. The number of aromatic nitrogens is 3. The minimum absolute atomic E-state index is 0.0534. The third kappa shape index (κ3) is 5.56. The Bertz CT molecular complexity index is 846. The second-order valence-electron chi connectivity index (χ2n) is 8.04. The molecule has 0 radical (unpaired) electrons. The zero-order valence-corrected chi connectivity index (χ0v) is 19.6. The van der Waals surface area contributed by atoms with Crippen molar-refractivity contribution in [2.75, 3.05) is 35.7 Å². The summed E-state index contributed by atoms with van der Waals surface area (Å²) in [6.45, 7) is 5.87. The van der Waals surface area contributed by atoms with Gasteiger partial charge in [0.2, 0.25) is 11.9 Å². The van der Waals surface area contributed by atoms with Crippen LogP contribution < -0.4 is 10.2 Å². The topological polar surface area (TPSA) is 72.3 Å². The Labute approximate surface area is 190 Å². The normalized spacial score (nSPS) is 19.9. The van der Waals surface area contributed by atoms with E-state index in [1.54, 1.807) is 0 Å². The number of benzene rings is 1. The molecule has 3 heterocycles. The summed E-state index contributed by atoms with van der Waals surface area (Å²) in [7, 11) is 0. The number of carbonyl (C=O) groups is 1. The average Bonchev–Trinajstić information content (AvgIpc) is 3.39. The van der Waals surface area contributed by atoms with Crippen molar-refractivity contribution in [3.05, 3.63) is 28.7 Å². The van der Waals surface area contributed by atoms with Crippen molar-refractivity contribution >= 4 is 45.2 Å². The zero-order chi connectivity index (χ0) is 20.9. The first kappa shape index (κ1) is 21.6. The van der Waals surface area contributed by atoms with E-state index in [2.05, 4.69) is 47.8 Å². The van der Waals surface area contributed by atoms with Crippen molar-refractivity contribution in [2.24, 2.45) is 5.92 Å². The molecule has 2 aliphatic rings. The number of piperidine rings is 1. The van der Waals surface area contributed by atoms with Gasteiger partial charge in [0.1, 0.15) is 0 Å². The summed E-state index contributed by atoms with van der Waals surface area (Å²) in [5, 5.41) is 12.7. The molecule has 0 bridgehead atoms. The van der Waals surface area contributed by atoms with Gasteiger partial charge in [0.15, 0.2) is 5.16 Å². The van der Waals surface area contributed by atoms with E-state index in [4.69, 9.17) is 4.74 Å². The molecule has 1 aromatic heterocycles.